The third-order valence-electron chi connectivity index (χ3n) is 5.27. The topological polar surface area (TPSA) is 98.1 Å². The van der Waals surface area contributed by atoms with Crippen molar-refractivity contribution in [3.05, 3.63) is 101 Å². The molecule has 0 radical (unpaired) electrons. The number of amides is 2. The standard InChI is InChI=1S/C26H25N5O3S/c1-18-8-6-7-11-22(18)25(33)29-28-24(32)17-35-26-30-27-23(31(26)20-9-4-3-5-10-20)16-19-12-14-21(34-2)15-13-19/h3-15H,16-17H2,1-2H3,(H,28,32)(H,29,33). The number of hydrogen-bond donors (Lipinski definition) is 2. The molecule has 1 heterocycles. The molecule has 178 valence electrons. The molecule has 4 rings (SSSR count). The lowest BCUT2D eigenvalue weighted by atomic mass is 10.1. The van der Waals surface area contributed by atoms with Crippen LogP contribution in [0.3, 0.4) is 0 Å². The van der Waals surface area contributed by atoms with Crippen LogP contribution < -0.4 is 15.6 Å². The lowest BCUT2D eigenvalue weighted by Gasteiger charge is -2.11. The lowest BCUT2D eigenvalue weighted by Crippen LogP contribution is -2.42. The van der Waals surface area contributed by atoms with Gasteiger partial charge in [-0.15, -0.1) is 10.2 Å². The van der Waals surface area contributed by atoms with Gasteiger partial charge in [-0.3, -0.25) is 25.0 Å². The molecule has 0 atom stereocenters. The summed E-state index contributed by atoms with van der Waals surface area (Å²) in [4.78, 5) is 24.8. The van der Waals surface area contributed by atoms with Crippen molar-refractivity contribution >= 4 is 23.6 Å². The Balaban J connectivity index is 1.44. The molecule has 9 heteroatoms. The second-order valence-electron chi connectivity index (χ2n) is 7.70. The number of aromatic nitrogens is 3. The van der Waals surface area contributed by atoms with Crippen LogP contribution in [0.1, 0.15) is 27.3 Å². The molecule has 0 saturated carbocycles. The second-order valence-corrected chi connectivity index (χ2v) is 8.64. The van der Waals surface area contributed by atoms with Gasteiger partial charge in [0.25, 0.3) is 5.91 Å². The van der Waals surface area contributed by atoms with Crippen molar-refractivity contribution in [1.82, 2.24) is 25.6 Å². The van der Waals surface area contributed by atoms with Gasteiger partial charge in [-0.25, -0.2) is 0 Å². The molecule has 0 bridgehead atoms. The van der Waals surface area contributed by atoms with Gasteiger partial charge in [0, 0.05) is 17.7 Å². The van der Waals surface area contributed by atoms with Crippen molar-refractivity contribution in [3.8, 4) is 11.4 Å². The average Bonchev–Trinajstić information content (AvgIpc) is 3.29. The quantitative estimate of drug-likeness (QED) is 0.290. The number of para-hydroxylation sites is 1. The highest BCUT2D eigenvalue weighted by Gasteiger charge is 2.17. The zero-order valence-electron chi connectivity index (χ0n) is 19.4. The van der Waals surface area contributed by atoms with Gasteiger partial charge in [0.1, 0.15) is 11.6 Å². The molecule has 0 spiro atoms. The van der Waals surface area contributed by atoms with Crippen molar-refractivity contribution < 1.29 is 14.3 Å². The van der Waals surface area contributed by atoms with Crippen LogP contribution in [0.15, 0.2) is 84.0 Å². The number of benzene rings is 3. The predicted octanol–water partition coefficient (Wildman–Crippen LogP) is 3.73. The highest BCUT2D eigenvalue weighted by molar-refractivity contribution is 7.99. The molecular weight excluding hydrogens is 462 g/mol. The van der Waals surface area contributed by atoms with E-state index in [0.717, 1.165) is 28.4 Å². The van der Waals surface area contributed by atoms with Crippen molar-refractivity contribution in [2.45, 2.75) is 18.5 Å². The number of methoxy groups -OCH3 is 1. The lowest BCUT2D eigenvalue weighted by molar-refractivity contribution is -0.119. The number of hydrazine groups is 1. The molecule has 3 aromatic carbocycles. The van der Waals surface area contributed by atoms with Gasteiger partial charge < -0.3 is 4.74 Å². The molecule has 2 N–H and O–H groups in total. The predicted molar refractivity (Wildman–Crippen MR) is 135 cm³/mol. The Labute approximate surface area is 207 Å². The molecule has 8 nitrogen and oxygen atoms in total. The Hall–Kier alpha value is -4.11. The van der Waals surface area contributed by atoms with Gasteiger partial charge in [0.05, 0.1) is 12.9 Å². The Kier molecular flexibility index (Phi) is 7.79. The van der Waals surface area contributed by atoms with E-state index in [1.54, 1.807) is 19.2 Å². The maximum atomic E-state index is 12.4. The highest BCUT2D eigenvalue weighted by atomic mass is 32.2. The SMILES string of the molecule is COc1ccc(Cc2nnc(SCC(=O)NNC(=O)c3ccccc3C)n2-c2ccccc2)cc1. The van der Waals surface area contributed by atoms with Gasteiger partial charge >= 0.3 is 0 Å². The molecule has 35 heavy (non-hydrogen) atoms. The average molecular weight is 488 g/mol. The number of hydrogen-bond acceptors (Lipinski definition) is 6. The molecule has 0 saturated heterocycles. The minimum absolute atomic E-state index is 0.0571. The van der Waals surface area contributed by atoms with Crippen LogP contribution in [0, 0.1) is 6.92 Å². The summed E-state index contributed by atoms with van der Waals surface area (Å²) >= 11 is 1.24. The first-order chi connectivity index (χ1) is 17.0. The molecule has 1 aromatic heterocycles. The molecule has 0 aliphatic rings. The van der Waals surface area contributed by atoms with E-state index in [-0.39, 0.29) is 17.6 Å². The van der Waals surface area contributed by atoms with Gasteiger partial charge in [-0.05, 0) is 48.4 Å². The maximum Gasteiger partial charge on any atom is 0.269 e. The normalized spacial score (nSPS) is 10.6. The minimum Gasteiger partial charge on any atom is -0.497 e. The number of carbonyl (C=O) groups excluding carboxylic acids is 2. The molecule has 4 aromatic rings. The molecule has 2 amide bonds. The van der Waals surface area contributed by atoms with E-state index in [4.69, 9.17) is 4.74 Å². The number of nitrogens with zero attached hydrogens (tertiary/aromatic N) is 3. The Morgan fingerprint density at radius 2 is 1.63 bits per heavy atom. The van der Waals surface area contributed by atoms with Crippen molar-refractivity contribution in [2.75, 3.05) is 12.9 Å². The first-order valence-electron chi connectivity index (χ1n) is 11.0. The highest BCUT2D eigenvalue weighted by Crippen LogP contribution is 2.24. The van der Waals surface area contributed by atoms with Crippen LogP contribution in [0.5, 0.6) is 5.75 Å². The first kappa shape index (κ1) is 24.0. The van der Waals surface area contributed by atoms with Gasteiger partial charge in [0.2, 0.25) is 5.91 Å². The summed E-state index contributed by atoms with van der Waals surface area (Å²) in [6, 6.07) is 24.7. The Morgan fingerprint density at radius 1 is 0.914 bits per heavy atom. The van der Waals surface area contributed by atoms with Crippen LogP contribution in [0.25, 0.3) is 5.69 Å². The molecule has 0 unspecified atom stereocenters. The fraction of sp³-hybridized carbons (Fsp3) is 0.154. The van der Waals surface area contributed by atoms with E-state index in [1.807, 2.05) is 78.2 Å². The van der Waals surface area contributed by atoms with Crippen LogP contribution in [0.4, 0.5) is 0 Å². The van der Waals surface area contributed by atoms with Crippen LogP contribution in [0.2, 0.25) is 0 Å². The van der Waals surface area contributed by atoms with E-state index in [0.29, 0.717) is 17.1 Å². The second kappa shape index (κ2) is 11.3. The number of thioether (sulfide) groups is 1. The summed E-state index contributed by atoms with van der Waals surface area (Å²) in [7, 11) is 1.63. The summed E-state index contributed by atoms with van der Waals surface area (Å²) in [5.41, 5.74) is 8.22. The van der Waals surface area contributed by atoms with Gasteiger partial charge in [-0.2, -0.15) is 0 Å². The van der Waals surface area contributed by atoms with Crippen LogP contribution in [-0.4, -0.2) is 39.4 Å². The monoisotopic (exact) mass is 487 g/mol. The minimum atomic E-state index is -0.365. The van der Waals surface area contributed by atoms with E-state index in [9.17, 15) is 9.59 Å². The van der Waals surface area contributed by atoms with Crippen LogP contribution >= 0.6 is 11.8 Å². The zero-order valence-corrected chi connectivity index (χ0v) is 20.2. The number of carbonyl (C=O) groups is 2. The van der Waals surface area contributed by atoms with E-state index >= 15 is 0 Å². The molecule has 0 aliphatic carbocycles. The van der Waals surface area contributed by atoms with Crippen molar-refractivity contribution in [3.63, 3.8) is 0 Å². The summed E-state index contributed by atoms with van der Waals surface area (Å²) in [5.74, 6) is 0.876. The summed E-state index contributed by atoms with van der Waals surface area (Å²) < 4.78 is 7.17. The maximum absolute atomic E-state index is 12.4. The van der Waals surface area contributed by atoms with E-state index in [1.165, 1.54) is 11.8 Å². The molecule has 0 aliphatic heterocycles. The fourth-order valence-corrected chi connectivity index (χ4v) is 4.23. The van der Waals surface area contributed by atoms with Gasteiger partial charge in [0.15, 0.2) is 5.16 Å². The fourth-order valence-electron chi connectivity index (χ4n) is 3.46. The largest absolute Gasteiger partial charge is 0.497 e. The molecule has 0 fully saturated rings. The smallest absolute Gasteiger partial charge is 0.269 e. The van der Waals surface area contributed by atoms with E-state index in [2.05, 4.69) is 21.0 Å². The molecular formula is C26H25N5O3S. The zero-order chi connectivity index (χ0) is 24.6. The summed E-state index contributed by atoms with van der Waals surface area (Å²) in [6.07, 6.45) is 0.561. The van der Waals surface area contributed by atoms with Crippen molar-refractivity contribution in [2.24, 2.45) is 0 Å². The van der Waals surface area contributed by atoms with Crippen LogP contribution in [-0.2, 0) is 11.2 Å². The van der Waals surface area contributed by atoms with Crippen molar-refractivity contribution in [1.29, 1.82) is 0 Å². The third kappa shape index (κ3) is 6.07. The Morgan fingerprint density at radius 3 is 2.34 bits per heavy atom. The number of aryl methyl sites for hydroxylation is 1. The summed E-state index contributed by atoms with van der Waals surface area (Å²) in [6.45, 7) is 1.84. The third-order valence-corrected chi connectivity index (χ3v) is 6.20. The van der Waals surface area contributed by atoms with Gasteiger partial charge in [-0.1, -0.05) is 60.3 Å². The number of ether oxygens (including phenoxy) is 1. The number of rotatable bonds is 8. The Bertz CT molecular complexity index is 1310. The summed E-state index contributed by atoms with van der Waals surface area (Å²) in [5, 5.41) is 9.31. The number of nitrogens with one attached hydrogen (secondary N) is 2. The first-order valence-corrected chi connectivity index (χ1v) is 11.9. The van der Waals surface area contributed by atoms with E-state index < -0.39 is 0 Å².